The molecule has 4 nitrogen and oxygen atoms in total. The Labute approximate surface area is 169 Å². The first-order valence-electron chi connectivity index (χ1n) is 8.54. The monoisotopic (exact) mass is 397 g/mol. The molecule has 0 saturated carbocycles. The van der Waals surface area contributed by atoms with Gasteiger partial charge in [-0.3, -0.25) is 9.69 Å². The van der Waals surface area contributed by atoms with Gasteiger partial charge in [0.1, 0.15) is 0 Å². The molecule has 0 aromatic heterocycles. The van der Waals surface area contributed by atoms with Gasteiger partial charge >= 0.3 is 0 Å². The van der Waals surface area contributed by atoms with Crippen LogP contribution in [0.1, 0.15) is 25.0 Å². The number of rotatable bonds is 8. The van der Waals surface area contributed by atoms with Gasteiger partial charge in [-0.2, -0.15) is 0 Å². The van der Waals surface area contributed by atoms with Crippen LogP contribution >= 0.6 is 24.8 Å². The maximum absolute atomic E-state index is 12.3. The number of hydrogen-bond donors (Lipinski definition) is 2. The minimum absolute atomic E-state index is 0. The van der Waals surface area contributed by atoms with Crippen LogP contribution in [0.5, 0.6) is 0 Å². The summed E-state index contributed by atoms with van der Waals surface area (Å²) in [6.07, 6.45) is 0.534. The van der Waals surface area contributed by atoms with Crippen molar-refractivity contribution in [3.63, 3.8) is 0 Å². The van der Waals surface area contributed by atoms with Crippen molar-refractivity contribution in [2.45, 2.75) is 32.9 Å². The predicted molar refractivity (Wildman–Crippen MR) is 114 cm³/mol. The molecule has 26 heavy (non-hydrogen) atoms. The highest BCUT2D eigenvalue weighted by molar-refractivity contribution is 5.94. The lowest BCUT2D eigenvalue weighted by Gasteiger charge is -2.18. The molecule has 1 atom stereocenters. The fourth-order valence-corrected chi connectivity index (χ4v) is 2.65. The van der Waals surface area contributed by atoms with Gasteiger partial charge in [0, 0.05) is 12.2 Å². The van der Waals surface area contributed by atoms with E-state index in [1.807, 2.05) is 48.5 Å². The number of benzene rings is 2. The Morgan fingerprint density at radius 2 is 1.62 bits per heavy atom. The number of nitrogens with one attached hydrogen (secondary N) is 1. The zero-order chi connectivity index (χ0) is 17.4. The summed E-state index contributed by atoms with van der Waals surface area (Å²) in [4.78, 5) is 14.7. The SMILES string of the molecule is CCN(CC)Cc1cccc(NC(=O)C(N)Cc2ccccc2)c1.Cl.Cl. The Bertz CT molecular complexity index is 649. The quantitative estimate of drug-likeness (QED) is 0.710. The standard InChI is InChI=1S/C20H27N3O.2ClH/c1-3-23(4-2)15-17-11-8-12-18(13-17)22-20(24)19(21)14-16-9-6-5-7-10-16;;/h5-13,19H,3-4,14-15,21H2,1-2H3,(H,22,24);2*1H. The number of halogens is 2. The summed E-state index contributed by atoms with van der Waals surface area (Å²) in [5.41, 5.74) is 9.09. The molecule has 0 aliphatic carbocycles. The largest absolute Gasteiger partial charge is 0.325 e. The Balaban J connectivity index is 0.00000312. The van der Waals surface area contributed by atoms with E-state index >= 15 is 0 Å². The van der Waals surface area contributed by atoms with Crippen LogP contribution in [0.15, 0.2) is 54.6 Å². The maximum atomic E-state index is 12.3. The molecular weight excluding hydrogens is 369 g/mol. The van der Waals surface area contributed by atoms with Crippen LogP contribution < -0.4 is 11.1 Å². The maximum Gasteiger partial charge on any atom is 0.241 e. The Kier molecular flexibility index (Phi) is 11.9. The highest BCUT2D eigenvalue weighted by atomic mass is 35.5. The van der Waals surface area contributed by atoms with Gasteiger partial charge in [0.15, 0.2) is 0 Å². The molecule has 0 saturated heterocycles. The summed E-state index contributed by atoms with van der Waals surface area (Å²) < 4.78 is 0. The average Bonchev–Trinajstić information content (AvgIpc) is 2.60. The fraction of sp³-hybridized carbons (Fsp3) is 0.350. The van der Waals surface area contributed by atoms with Gasteiger partial charge < -0.3 is 11.1 Å². The van der Waals surface area contributed by atoms with E-state index in [0.29, 0.717) is 6.42 Å². The second-order valence-electron chi connectivity index (χ2n) is 5.95. The number of nitrogens with zero attached hydrogens (tertiary/aromatic N) is 1. The van der Waals surface area contributed by atoms with Crippen LogP contribution in [0.2, 0.25) is 0 Å². The summed E-state index contributed by atoms with van der Waals surface area (Å²) in [6.45, 7) is 7.20. The van der Waals surface area contributed by atoms with Crippen molar-refractivity contribution in [3.8, 4) is 0 Å². The van der Waals surface area contributed by atoms with E-state index in [-0.39, 0.29) is 30.7 Å². The molecular formula is C20H29Cl2N3O. The van der Waals surface area contributed by atoms with Gasteiger partial charge in [0.05, 0.1) is 6.04 Å². The van der Waals surface area contributed by atoms with Gasteiger partial charge in [0.25, 0.3) is 0 Å². The number of carbonyl (C=O) groups excluding carboxylic acids is 1. The van der Waals surface area contributed by atoms with E-state index < -0.39 is 6.04 Å². The van der Waals surface area contributed by atoms with Gasteiger partial charge in [0.2, 0.25) is 5.91 Å². The predicted octanol–water partition coefficient (Wildman–Crippen LogP) is 3.88. The van der Waals surface area contributed by atoms with Crippen LogP contribution in [0.4, 0.5) is 5.69 Å². The molecule has 1 unspecified atom stereocenters. The van der Waals surface area contributed by atoms with E-state index in [2.05, 4.69) is 30.1 Å². The third-order valence-electron chi connectivity index (χ3n) is 4.13. The van der Waals surface area contributed by atoms with Crippen molar-refractivity contribution in [3.05, 3.63) is 65.7 Å². The zero-order valence-electron chi connectivity index (χ0n) is 15.4. The highest BCUT2D eigenvalue weighted by Crippen LogP contribution is 2.13. The molecule has 0 spiro atoms. The molecule has 2 rings (SSSR count). The summed E-state index contributed by atoms with van der Waals surface area (Å²) in [6, 6.07) is 17.2. The number of nitrogens with two attached hydrogens (primary N) is 1. The van der Waals surface area contributed by atoms with Crippen LogP contribution in [0.25, 0.3) is 0 Å². The average molecular weight is 398 g/mol. The summed E-state index contributed by atoms with van der Waals surface area (Å²) in [5.74, 6) is -0.154. The van der Waals surface area contributed by atoms with Crippen molar-refractivity contribution in [2.24, 2.45) is 5.73 Å². The molecule has 6 heteroatoms. The number of hydrogen-bond acceptors (Lipinski definition) is 3. The van der Waals surface area contributed by atoms with E-state index in [1.165, 1.54) is 5.56 Å². The molecule has 2 aromatic carbocycles. The molecule has 0 aliphatic rings. The van der Waals surface area contributed by atoms with Gasteiger partial charge in [-0.15, -0.1) is 24.8 Å². The van der Waals surface area contributed by atoms with Crippen LogP contribution in [-0.2, 0) is 17.8 Å². The Hall–Kier alpha value is -1.59. The Morgan fingerprint density at radius 1 is 1.00 bits per heavy atom. The van der Waals surface area contributed by atoms with Crippen molar-refractivity contribution in [1.29, 1.82) is 0 Å². The second kappa shape index (κ2) is 12.7. The van der Waals surface area contributed by atoms with E-state index in [1.54, 1.807) is 0 Å². The first-order valence-corrected chi connectivity index (χ1v) is 8.54. The summed E-state index contributed by atoms with van der Waals surface area (Å²) >= 11 is 0. The molecule has 144 valence electrons. The van der Waals surface area contributed by atoms with Gasteiger partial charge in [-0.05, 0) is 42.8 Å². The molecule has 3 N–H and O–H groups in total. The van der Waals surface area contributed by atoms with Gasteiger partial charge in [-0.1, -0.05) is 56.3 Å². The number of anilines is 1. The van der Waals surface area contributed by atoms with E-state index in [9.17, 15) is 4.79 Å². The fourth-order valence-electron chi connectivity index (χ4n) is 2.65. The highest BCUT2D eigenvalue weighted by Gasteiger charge is 2.14. The molecule has 0 aliphatic heterocycles. The first kappa shape index (κ1) is 24.4. The third-order valence-corrected chi connectivity index (χ3v) is 4.13. The minimum Gasteiger partial charge on any atom is -0.325 e. The molecule has 0 heterocycles. The summed E-state index contributed by atoms with van der Waals surface area (Å²) in [5, 5.41) is 2.93. The normalized spacial score (nSPS) is 11.2. The Morgan fingerprint density at radius 3 is 2.23 bits per heavy atom. The third kappa shape index (κ3) is 7.75. The van der Waals surface area contributed by atoms with Crippen molar-refractivity contribution >= 4 is 36.4 Å². The van der Waals surface area contributed by atoms with Crippen LogP contribution in [0, 0.1) is 0 Å². The lowest BCUT2D eigenvalue weighted by Crippen LogP contribution is -2.37. The van der Waals surface area contributed by atoms with E-state index in [0.717, 1.165) is 30.9 Å². The number of carbonyl (C=O) groups is 1. The minimum atomic E-state index is -0.557. The lowest BCUT2D eigenvalue weighted by atomic mass is 10.1. The number of amides is 1. The first-order chi connectivity index (χ1) is 11.6. The van der Waals surface area contributed by atoms with Crippen molar-refractivity contribution < 1.29 is 4.79 Å². The molecule has 0 radical (unpaired) electrons. The summed E-state index contributed by atoms with van der Waals surface area (Å²) in [7, 11) is 0. The van der Waals surface area contributed by atoms with Crippen LogP contribution in [-0.4, -0.2) is 29.9 Å². The van der Waals surface area contributed by atoms with E-state index in [4.69, 9.17) is 5.73 Å². The zero-order valence-corrected chi connectivity index (χ0v) is 17.0. The second-order valence-corrected chi connectivity index (χ2v) is 5.95. The van der Waals surface area contributed by atoms with Crippen molar-refractivity contribution in [2.75, 3.05) is 18.4 Å². The van der Waals surface area contributed by atoms with Crippen LogP contribution in [0.3, 0.4) is 0 Å². The smallest absolute Gasteiger partial charge is 0.241 e. The molecule has 0 bridgehead atoms. The molecule has 0 fully saturated rings. The molecule has 2 aromatic rings. The molecule has 1 amide bonds. The van der Waals surface area contributed by atoms with Crippen molar-refractivity contribution in [1.82, 2.24) is 4.90 Å². The topological polar surface area (TPSA) is 58.4 Å². The lowest BCUT2D eigenvalue weighted by molar-refractivity contribution is -0.117. The van der Waals surface area contributed by atoms with Gasteiger partial charge in [-0.25, -0.2) is 0 Å².